The number of hydrogen-bond donors (Lipinski definition) is 0. The van der Waals surface area contributed by atoms with E-state index in [1.54, 1.807) is 20.8 Å². The molecule has 0 unspecified atom stereocenters. The molecule has 1 aromatic rings. The van der Waals surface area contributed by atoms with Crippen LogP contribution in [0.15, 0.2) is 18.2 Å². The molecule has 1 saturated heterocycles. The van der Waals surface area contributed by atoms with Crippen LogP contribution in [0.5, 0.6) is 0 Å². The summed E-state index contributed by atoms with van der Waals surface area (Å²) in [5, 5.41) is 0. The Morgan fingerprint density at radius 1 is 1.00 bits per heavy atom. The van der Waals surface area contributed by atoms with Crippen LogP contribution < -0.4 is 5.46 Å². The minimum atomic E-state index is -4.64. The zero-order valence-electron chi connectivity index (χ0n) is 15.7. The zero-order chi connectivity index (χ0) is 19.4. The summed E-state index contributed by atoms with van der Waals surface area (Å²) in [5.41, 5.74) is -3.27. The highest BCUT2D eigenvalue weighted by atomic mass is 19.4. The third kappa shape index (κ3) is 3.77. The van der Waals surface area contributed by atoms with Crippen LogP contribution in [0.1, 0.15) is 64.4 Å². The standard InChI is InChI=1S/C18H24BF3O3/c1-15(2,3)14(23)12-9-8-11(10-13(12)18(20,21)22)19-24-16(4,5)17(6,7)25-19/h8-10H,1-7H3. The normalized spacial score (nSPS) is 20.0. The third-order valence-corrected chi connectivity index (χ3v) is 4.80. The third-order valence-electron chi connectivity index (χ3n) is 4.80. The molecule has 1 aliphatic heterocycles. The second-order valence-corrected chi connectivity index (χ2v) is 8.47. The van der Waals surface area contributed by atoms with Crippen LogP contribution in [0.3, 0.4) is 0 Å². The van der Waals surface area contributed by atoms with Gasteiger partial charge < -0.3 is 9.31 Å². The van der Waals surface area contributed by atoms with Crippen LogP contribution in [0.25, 0.3) is 0 Å². The van der Waals surface area contributed by atoms with E-state index in [4.69, 9.17) is 9.31 Å². The quantitative estimate of drug-likeness (QED) is 0.588. The molecule has 0 aromatic heterocycles. The molecule has 3 nitrogen and oxygen atoms in total. The van der Waals surface area contributed by atoms with Crippen LogP contribution in [0, 0.1) is 5.41 Å². The fraction of sp³-hybridized carbons (Fsp3) is 0.611. The van der Waals surface area contributed by atoms with Crippen LogP contribution in [0.2, 0.25) is 0 Å². The summed E-state index contributed by atoms with van der Waals surface area (Å²) in [6.07, 6.45) is -4.64. The van der Waals surface area contributed by atoms with E-state index >= 15 is 0 Å². The minimum Gasteiger partial charge on any atom is -0.399 e. The predicted octanol–water partition coefficient (Wildman–Crippen LogP) is 4.23. The van der Waals surface area contributed by atoms with Crippen molar-refractivity contribution in [2.45, 2.75) is 65.8 Å². The number of benzene rings is 1. The lowest BCUT2D eigenvalue weighted by atomic mass is 9.76. The summed E-state index contributed by atoms with van der Waals surface area (Å²) < 4.78 is 52.2. The smallest absolute Gasteiger partial charge is 0.399 e. The van der Waals surface area contributed by atoms with Gasteiger partial charge in [0.05, 0.1) is 16.8 Å². The van der Waals surface area contributed by atoms with E-state index in [0.717, 1.165) is 6.07 Å². The first-order chi connectivity index (χ1) is 11.1. The van der Waals surface area contributed by atoms with E-state index in [1.165, 1.54) is 12.1 Å². The number of rotatable bonds is 2. The van der Waals surface area contributed by atoms with Gasteiger partial charge in [-0.15, -0.1) is 0 Å². The fourth-order valence-electron chi connectivity index (χ4n) is 2.52. The SMILES string of the molecule is CC(C)(C)C(=O)c1ccc(B2OC(C)(C)C(C)(C)O2)cc1C(F)(F)F. The summed E-state index contributed by atoms with van der Waals surface area (Å²) in [4.78, 5) is 12.4. The first kappa shape index (κ1) is 20.0. The molecule has 1 aliphatic rings. The second-order valence-electron chi connectivity index (χ2n) is 8.47. The Labute approximate surface area is 147 Å². The predicted molar refractivity (Wildman–Crippen MR) is 90.9 cm³/mol. The summed E-state index contributed by atoms with van der Waals surface area (Å²) >= 11 is 0. The monoisotopic (exact) mass is 356 g/mol. The van der Waals surface area contributed by atoms with E-state index < -0.39 is 41.3 Å². The summed E-state index contributed by atoms with van der Waals surface area (Å²) in [6.45, 7) is 12.1. The van der Waals surface area contributed by atoms with Gasteiger partial charge in [-0.1, -0.05) is 32.9 Å². The average molecular weight is 356 g/mol. The highest BCUT2D eigenvalue weighted by Crippen LogP contribution is 2.38. The Morgan fingerprint density at radius 3 is 1.88 bits per heavy atom. The lowest BCUT2D eigenvalue weighted by Crippen LogP contribution is -2.41. The molecule has 1 aromatic carbocycles. The van der Waals surface area contributed by atoms with Gasteiger partial charge in [0.25, 0.3) is 0 Å². The molecule has 138 valence electrons. The van der Waals surface area contributed by atoms with E-state index in [9.17, 15) is 18.0 Å². The van der Waals surface area contributed by atoms with E-state index in [2.05, 4.69) is 0 Å². The number of ketones is 1. The van der Waals surface area contributed by atoms with Crippen LogP contribution in [0.4, 0.5) is 13.2 Å². The Hall–Kier alpha value is -1.34. The molecule has 0 bridgehead atoms. The van der Waals surface area contributed by atoms with E-state index in [0.29, 0.717) is 0 Å². The maximum absolute atomic E-state index is 13.5. The maximum Gasteiger partial charge on any atom is 0.494 e. The minimum absolute atomic E-state index is 0.247. The molecule has 0 atom stereocenters. The number of halogens is 3. The molecule has 2 rings (SSSR count). The van der Waals surface area contributed by atoms with Gasteiger partial charge in [0.2, 0.25) is 0 Å². The van der Waals surface area contributed by atoms with Crippen molar-refractivity contribution >= 4 is 18.4 Å². The maximum atomic E-state index is 13.5. The van der Waals surface area contributed by atoms with Crippen LogP contribution in [-0.4, -0.2) is 24.1 Å². The number of Topliss-reactive ketones (excluding diaryl/α,β-unsaturated/α-hetero) is 1. The van der Waals surface area contributed by atoms with Crippen molar-refractivity contribution in [1.82, 2.24) is 0 Å². The van der Waals surface area contributed by atoms with Gasteiger partial charge in [0.15, 0.2) is 5.78 Å². The average Bonchev–Trinajstić information content (AvgIpc) is 2.64. The van der Waals surface area contributed by atoms with Gasteiger partial charge in [-0.25, -0.2) is 0 Å². The number of carbonyl (C=O) groups is 1. The molecule has 0 N–H and O–H groups in total. The lowest BCUT2D eigenvalue weighted by molar-refractivity contribution is -0.137. The van der Waals surface area contributed by atoms with Crippen molar-refractivity contribution in [2.24, 2.45) is 5.41 Å². The molecular weight excluding hydrogens is 332 g/mol. The Morgan fingerprint density at radius 2 is 1.48 bits per heavy atom. The van der Waals surface area contributed by atoms with Gasteiger partial charge in [-0.05, 0) is 39.2 Å². The molecule has 0 spiro atoms. The second kappa shape index (κ2) is 5.84. The molecule has 0 amide bonds. The molecule has 0 saturated carbocycles. The molecule has 25 heavy (non-hydrogen) atoms. The number of carbonyl (C=O) groups excluding carboxylic acids is 1. The Balaban J connectivity index is 2.50. The van der Waals surface area contributed by atoms with E-state index in [-0.39, 0.29) is 11.0 Å². The van der Waals surface area contributed by atoms with Crippen molar-refractivity contribution < 1.29 is 27.3 Å². The highest BCUT2D eigenvalue weighted by molar-refractivity contribution is 6.62. The molecule has 1 heterocycles. The Kier molecular flexibility index (Phi) is 4.67. The summed E-state index contributed by atoms with van der Waals surface area (Å²) in [7, 11) is -0.912. The zero-order valence-corrected chi connectivity index (χ0v) is 15.7. The molecule has 7 heteroatoms. The van der Waals surface area contributed by atoms with Crippen molar-refractivity contribution in [3.8, 4) is 0 Å². The van der Waals surface area contributed by atoms with Crippen LogP contribution >= 0.6 is 0 Å². The van der Waals surface area contributed by atoms with Gasteiger partial charge in [-0.2, -0.15) is 13.2 Å². The molecule has 0 radical (unpaired) electrons. The summed E-state index contributed by atoms with van der Waals surface area (Å²) in [6, 6.07) is 3.65. The molecule has 1 fully saturated rings. The summed E-state index contributed by atoms with van der Waals surface area (Å²) in [5.74, 6) is -0.555. The van der Waals surface area contributed by atoms with Crippen molar-refractivity contribution in [3.05, 3.63) is 29.3 Å². The van der Waals surface area contributed by atoms with Crippen molar-refractivity contribution in [1.29, 1.82) is 0 Å². The van der Waals surface area contributed by atoms with Gasteiger partial charge in [0, 0.05) is 11.0 Å². The first-order valence-electron chi connectivity index (χ1n) is 8.18. The largest absolute Gasteiger partial charge is 0.494 e. The fourth-order valence-corrected chi connectivity index (χ4v) is 2.52. The Bertz CT molecular complexity index is 672. The number of hydrogen-bond acceptors (Lipinski definition) is 3. The topological polar surface area (TPSA) is 35.5 Å². The highest BCUT2D eigenvalue weighted by Gasteiger charge is 2.52. The van der Waals surface area contributed by atoms with E-state index in [1.807, 2.05) is 27.7 Å². The van der Waals surface area contributed by atoms with Gasteiger partial charge in [0.1, 0.15) is 0 Å². The van der Waals surface area contributed by atoms with Gasteiger partial charge in [-0.3, -0.25) is 4.79 Å². The van der Waals surface area contributed by atoms with Crippen molar-refractivity contribution in [3.63, 3.8) is 0 Å². The molecule has 0 aliphatic carbocycles. The molecular formula is C18H24BF3O3. The van der Waals surface area contributed by atoms with Crippen LogP contribution in [-0.2, 0) is 15.5 Å². The number of alkyl halides is 3. The van der Waals surface area contributed by atoms with Crippen molar-refractivity contribution in [2.75, 3.05) is 0 Å². The van der Waals surface area contributed by atoms with Gasteiger partial charge >= 0.3 is 13.3 Å². The lowest BCUT2D eigenvalue weighted by Gasteiger charge is -2.32. The first-order valence-corrected chi connectivity index (χ1v) is 8.18.